The lowest BCUT2D eigenvalue weighted by Gasteiger charge is -2.35. The van der Waals surface area contributed by atoms with Gasteiger partial charge in [0.15, 0.2) is 0 Å². The zero-order valence-electron chi connectivity index (χ0n) is 8.91. The molecule has 4 heteroatoms. The summed E-state index contributed by atoms with van der Waals surface area (Å²) >= 11 is 0. The van der Waals surface area contributed by atoms with Crippen molar-refractivity contribution in [2.45, 2.75) is 44.2 Å². The van der Waals surface area contributed by atoms with Gasteiger partial charge < -0.3 is 10.2 Å². The first kappa shape index (κ1) is 10.4. The quantitative estimate of drug-likeness (QED) is 0.723. The van der Waals surface area contributed by atoms with Crippen molar-refractivity contribution in [1.82, 2.24) is 10.2 Å². The molecule has 2 atom stereocenters. The summed E-state index contributed by atoms with van der Waals surface area (Å²) in [6, 6.07) is 2.85. The Bertz CT molecular complexity index is 284. The van der Waals surface area contributed by atoms with Crippen LogP contribution in [0.2, 0.25) is 0 Å². The van der Waals surface area contributed by atoms with Crippen LogP contribution in [0.1, 0.15) is 32.1 Å². The summed E-state index contributed by atoms with van der Waals surface area (Å²) in [4.78, 5) is 13.8. The predicted octanol–water partition coefficient (Wildman–Crippen LogP) is 0.643. The van der Waals surface area contributed by atoms with Crippen molar-refractivity contribution in [1.29, 1.82) is 5.26 Å². The Kier molecular flexibility index (Phi) is 3.22. The van der Waals surface area contributed by atoms with E-state index in [-0.39, 0.29) is 12.3 Å². The molecule has 1 N–H and O–H groups in total. The summed E-state index contributed by atoms with van der Waals surface area (Å²) in [5.74, 6) is -0.117. The SMILES string of the molecule is N#CCC(=O)NC1CCN2CCCC2C1. The molecular weight excluding hydrogens is 190 g/mol. The van der Waals surface area contributed by atoms with Gasteiger partial charge in [-0.05, 0) is 32.2 Å². The van der Waals surface area contributed by atoms with Crippen molar-refractivity contribution < 1.29 is 4.79 Å². The molecule has 0 radical (unpaired) electrons. The van der Waals surface area contributed by atoms with E-state index in [9.17, 15) is 4.79 Å². The maximum absolute atomic E-state index is 11.3. The Balaban J connectivity index is 1.80. The standard InChI is InChI=1S/C11H17N3O/c12-5-3-11(15)13-9-4-7-14-6-1-2-10(14)8-9/h9-10H,1-4,6-8H2,(H,13,15). The van der Waals surface area contributed by atoms with Gasteiger partial charge in [0.1, 0.15) is 6.42 Å². The second-order valence-electron chi connectivity index (χ2n) is 4.46. The number of nitriles is 1. The highest BCUT2D eigenvalue weighted by molar-refractivity contribution is 5.78. The minimum atomic E-state index is -0.117. The number of hydrogen-bond acceptors (Lipinski definition) is 3. The highest BCUT2D eigenvalue weighted by atomic mass is 16.1. The van der Waals surface area contributed by atoms with Crippen LogP contribution in [-0.4, -0.2) is 36.0 Å². The van der Waals surface area contributed by atoms with Crippen LogP contribution in [0.15, 0.2) is 0 Å². The van der Waals surface area contributed by atoms with Crippen LogP contribution in [0, 0.1) is 11.3 Å². The van der Waals surface area contributed by atoms with Gasteiger partial charge in [0.05, 0.1) is 6.07 Å². The largest absolute Gasteiger partial charge is 0.352 e. The smallest absolute Gasteiger partial charge is 0.234 e. The molecule has 2 aliphatic heterocycles. The molecule has 2 heterocycles. The van der Waals surface area contributed by atoms with Gasteiger partial charge in [-0.1, -0.05) is 0 Å². The van der Waals surface area contributed by atoms with Crippen LogP contribution in [0.25, 0.3) is 0 Å². The summed E-state index contributed by atoms with van der Waals surface area (Å²) in [6.45, 7) is 2.33. The topological polar surface area (TPSA) is 56.1 Å². The molecule has 82 valence electrons. The molecule has 2 saturated heterocycles. The number of rotatable bonds is 2. The Labute approximate surface area is 90.2 Å². The van der Waals surface area contributed by atoms with Gasteiger partial charge in [-0.25, -0.2) is 0 Å². The van der Waals surface area contributed by atoms with E-state index >= 15 is 0 Å². The lowest BCUT2D eigenvalue weighted by Crippen LogP contribution is -2.47. The summed E-state index contributed by atoms with van der Waals surface area (Å²) in [6.07, 6.45) is 4.66. The molecule has 1 amide bonds. The molecule has 15 heavy (non-hydrogen) atoms. The van der Waals surface area contributed by atoms with E-state index in [1.165, 1.54) is 19.4 Å². The lowest BCUT2D eigenvalue weighted by molar-refractivity contribution is -0.121. The average molecular weight is 207 g/mol. The molecule has 2 fully saturated rings. The highest BCUT2D eigenvalue weighted by Gasteiger charge is 2.31. The van der Waals surface area contributed by atoms with Gasteiger partial charge >= 0.3 is 0 Å². The first-order valence-electron chi connectivity index (χ1n) is 5.70. The first-order valence-corrected chi connectivity index (χ1v) is 5.70. The van der Waals surface area contributed by atoms with Gasteiger partial charge in [0, 0.05) is 18.6 Å². The fourth-order valence-corrected chi connectivity index (χ4v) is 2.71. The van der Waals surface area contributed by atoms with Crippen molar-refractivity contribution in [2.75, 3.05) is 13.1 Å². The van der Waals surface area contributed by atoms with Crippen LogP contribution >= 0.6 is 0 Å². The third-order valence-electron chi connectivity index (χ3n) is 3.43. The molecule has 0 spiro atoms. The Morgan fingerprint density at radius 3 is 3.13 bits per heavy atom. The molecule has 0 aliphatic carbocycles. The molecule has 2 rings (SSSR count). The van der Waals surface area contributed by atoms with Crippen LogP contribution in [0.5, 0.6) is 0 Å². The molecule has 2 aliphatic rings. The summed E-state index contributed by atoms with van der Waals surface area (Å²) < 4.78 is 0. The Hall–Kier alpha value is -1.08. The molecule has 0 aromatic rings. The molecule has 0 aromatic carbocycles. The summed E-state index contributed by atoms with van der Waals surface area (Å²) in [7, 11) is 0. The number of amides is 1. The Morgan fingerprint density at radius 2 is 2.33 bits per heavy atom. The van der Waals surface area contributed by atoms with Gasteiger partial charge in [-0.2, -0.15) is 5.26 Å². The van der Waals surface area contributed by atoms with Crippen LogP contribution in [0.3, 0.4) is 0 Å². The number of fused-ring (bicyclic) bond motifs is 1. The van der Waals surface area contributed by atoms with Crippen molar-refractivity contribution >= 4 is 5.91 Å². The van der Waals surface area contributed by atoms with Gasteiger partial charge in [-0.15, -0.1) is 0 Å². The molecule has 0 aromatic heterocycles. The molecule has 4 nitrogen and oxygen atoms in total. The molecule has 2 unspecified atom stereocenters. The normalized spacial score (nSPS) is 30.6. The zero-order chi connectivity index (χ0) is 10.7. The minimum absolute atomic E-state index is 0.00905. The van der Waals surface area contributed by atoms with Gasteiger partial charge in [0.25, 0.3) is 0 Å². The van der Waals surface area contributed by atoms with Crippen molar-refractivity contribution in [3.63, 3.8) is 0 Å². The fraction of sp³-hybridized carbons (Fsp3) is 0.818. The van der Waals surface area contributed by atoms with E-state index in [1.54, 1.807) is 0 Å². The summed E-state index contributed by atoms with van der Waals surface area (Å²) in [5.41, 5.74) is 0. The lowest BCUT2D eigenvalue weighted by atomic mass is 9.97. The summed E-state index contributed by atoms with van der Waals surface area (Å²) in [5, 5.41) is 11.3. The first-order chi connectivity index (χ1) is 7.29. The predicted molar refractivity (Wildman–Crippen MR) is 56.0 cm³/mol. The maximum atomic E-state index is 11.3. The van der Waals surface area contributed by atoms with Crippen molar-refractivity contribution in [3.05, 3.63) is 0 Å². The number of carbonyl (C=O) groups is 1. The maximum Gasteiger partial charge on any atom is 0.234 e. The molecule has 0 saturated carbocycles. The van der Waals surface area contributed by atoms with E-state index in [0.29, 0.717) is 12.1 Å². The molecule has 0 bridgehead atoms. The second kappa shape index (κ2) is 4.63. The average Bonchev–Trinajstić information content (AvgIpc) is 2.65. The fourth-order valence-electron chi connectivity index (χ4n) is 2.71. The van der Waals surface area contributed by atoms with E-state index in [0.717, 1.165) is 19.4 Å². The van der Waals surface area contributed by atoms with E-state index in [1.807, 2.05) is 6.07 Å². The monoisotopic (exact) mass is 207 g/mol. The van der Waals surface area contributed by atoms with Crippen molar-refractivity contribution in [3.8, 4) is 6.07 Å². The van der Waals surface area contributed by atoms with Crippen molar-refractivity contribution in [2.24, 2.45) is 0 Å². The highest BCUT2D eigenvalue weighted by Crippen LogP contribution is 2.26. The second-order valence-corrected chi connectivity index (χ2v) is 4.46. The van der Waals surface area contributed by atoms with E-state index in [2.05, 4.69) is 10.2 Å². The number of nitrogens with zero attached hydrogens (tertiary/aromatic N) is 2. The van der Waals surface area contributed by atoms with E-state index in [4.69, 9.17) is 5.26 Å². The third-order valence-corrected chi connectivity index (χ3v) is 3.43. The van der Waals surface area contributed by atoms with Gasteiger partial charge in [0.2, 0.25) is 5.91 Å². The molecular formula is C11H17N3O. The Morgan fingerprint density at radius 1 is 1.47 bits per heavy atom. The van der Waals surface area contributed by atoms with Crippen LogP contribution in [-0.2, 0) is 4.79 Å². The minimum Gasteiger partial charge on any atom is -0.352 e. The number of carbonyl (C=O) groups excluding carboxylic acids is 1. The van der Waals surface area contributed by atoms with Crippen LogP contribution < -0.4 is 5.32 Å². The van der Waals surface area contributed by atoms with Crippen LogP contribution in [0.4, 0.5) is 0 Å². The number of piperidine rings is 1. The third kappa shape index (κ3) is 2.48. The van der Waals surface area contributed by atoms with Gasteiger partial charge in [-0.3, -0.25) is 4.79 Å². The van der Waals surface area contributed by atoms with E-state index < -0.39 is 0 Å². The zero-order valence-corrected chi connectivity index (χ0v) is 8.91. The number of hydrogen-bond donors (Lipinski definition) is 1. The number of nitrogens with one attached hydrogen (secondary N) is 1.